The second-order valence-corrected chi connectivity index (χ2v) is 5.61. The lowest BCUT2D eigenvalue weighted by molar-refractivity contribution is -0.135. The second kappa shape index (κ2) is 6.17. The highest BCUT2D eigenvalue weighted by atomic mass is 35.5. The van der Waals surface area contributed by atoms with Gasteiger partial charge in [0.1, 0.15) is 11.4 Å². The minimum atomic E-state index is -1.07. The van der Waals surface area contributed by atoms with E-state index in [9.17, 15) is 9.59 Å². The fraction of sp³-hybridized carbons (Fsp3) is 0.0833. The van der Waals surface area contributed by atoms with Crippen molar-refractivity contribution >= 4 is 62.2 Å². The Labute approximate surface area is 128 Å². The smallest absolute Gasteiger partial charge is 0.322 e. The van der Waals surface area contributed by atoms with Crippen LogP contribution in [0.25, 0.3) is 10.1 Å². The summed E-state index contributed by atoms with van der Waals surface area (Å²) in [5.74, 6) is -1.53. The SMILES string of the molecule is O=C(O)CNC(=S)NC(=O)c1sc2ccccc2c1Cl. The minimum absolute atomic E-state index is 0.0501. The number of nitrogens with one attached hydrogen (secondary N) is 2. The molecule has 0 spiro atoms. The molecule has 0 unspecified atom stereocenters. The number of hydrogen-bond acceptors (Lipinski definition) is 4. The van der Waals surface area contributed by atoms with Crippen molar-refractivity contribution in [2.75, 3.05) is 6.54 Å². The molecule has 1 aromatic carbocycles. The van der Waals surface area contributed by atoms with Crippen molar-refractivity contribution in [3.63, 3.8) is 0 Å². The largest absolute Gasteiger partial charge is 0.480 e. The molecule has 0 atom stereocenters. The minimum Gasteiger partial charge on any atom is -0.480 e. The third-order valence-electron chi connectivity index (χ3n) is 2.37. The van der Waals surface area contributed by atoms with Crippen molar-refractivity contribution < 1.29 is 14.7 Å². The Morgan fingerprint density at radius 2 is 2.05 bits per heavy atom. The van der Waals surface area contributed by atoms with E-state index in [4.69, 9.17) is 28.9 Å². The summed E-state index contributed by atoms with van der Waals surface area (Å²) in [6, 6.07) is 7.38. The monoisotopic (exact) mass is 328 g/mol. The van der Waals surface area contributed by atoms with E-state index in [0.717, 1.165) is 10.1 Å². The van der Waals surface area contributed by atoms with E-state index >= 15 is 0 Å². The first-order valence-corrected chi connectivity index (χ1v) is 7.07. The Morgan fingerprint density at radius 1 is 1.35 bits per heavy atom. The first-order chi connectivity index (χ1) is 9.49. The summed E-state index contributed by atoms with van der Waals surface area (Å²) in [5, 5.41) is 14.4. The van der Waals surface area contributed by atoms with E-state index in [1.807, 2.05) is 24.3 Å². The van der Waals surface area contributed by atoms with Crippen molar-refractivity contribution in [3.05, 3.63) is 34.2 Å². The number of hydrogen-bond donors (Lipinski definition) is 3. The van der Waals surface area contributed by atoms with Crippen LogP contribution in [-0.2, 0) is 4.79 Å². The number of thiophene rings is 1. The molecule has 0 saturated carbocycles. The molecule has 0 aliphatic heterocycles. The number of thiocarbonyl (C=S) groups is 1. The van der Waals surface area contributed by atoms with Gasteiger partial charge in [-0.1, -0.05) is 29.8 Å². The molecule has 8 heteroatoms. The number of benzene rings is 1. The van der Waals surface area contributed by atoms with Gasteiger partial charge in [0, 0.05) is 10.1 Å². The van der Waals surface area contributed by atoms with Crippen LogP contribution in [0.5, 0.6) is 0 Å². The molecule has 0 fully saturated rings. The van der Waals surface area contributed by atoms with E-state index in [0.29, 0.717) is 9.90 Å². The van der Waals surface area contributed by atoms with E-state index < -0.39 is 11.9 Å². The van der Waals surface area contributed by atoms with Crippen molar-refractivity contribution in [2.24, 2.45) is 0 Å². The Balaban J connectivity index is 2.13. The van der Waals surface area contributed by atoms with Crippen LogP contribution in [-0.4, -0.2) is 28.6 Å². The zero-order chi connectivity index (χ0) is 14.7. The summed E-state index contributed by atoms with van der Waals surface area (Å²) in [6.07, 6.45) is 0. The van der Waals surface area contributed by atoms with E-state index in [1.165, 1.54) is 11.3 Å². The Morgan fingerprint density at radius 3 is 2.70 bits per heavy atom. The van der Waals surface area contributed by atoms with E-state index in [2.05, 4.69) is 10.6 Å². The molecule has 0 aliphatic carbocycles. The fourth-order valence-corrected chi connectivity index (χ4v) is 3.10. The van der Waals surface area contributed by atoms with Crippen LogP contribution in [0.4, 0.5) is 0 Å². The maximum absolute atomic E-state index is 12.0. The molecule has 3 N–H and O–H groups in total. The molecule has 0 radical (unpaired) electrons. The first-order valence-electron chi connectivity index (χ1n) is 5.47. The summed E-state index contributed by atoms with van der Waals surface area (Å²) in [7, 11) is 0. The average Bonchev–Trinajstić information content (AvgIpc) is 2.74. The van der Waals surface area contributed by atoms with Crippen LogP contribution in [0.2, 0.25) is 5.02 Å². The first kappa shape index (κ1) is 14.7. The number of aliphatic carboxylic acids is 1. The van der Waals surface area contributed by atoms with Gasteiger partial charge in [-0.05, 0) is 18.3 Å². The summed E-state index contributed by atoms with van der Waals surface area (Å²) < 4.78 is 0.895. The molecule has 2 rings (SSSR count). The Hall–Kier alpha value is -1.70. The van der Waals surface area contributed by atoms with Gasteiger partial charge < -0.3 is 10.4 Å². The summed E-state index contributed by atoms with van der Waals surface area (Å²) in [6.45, 7) is -0.362. The predicted octanol–water partition coefficient (Wildman–Crippen LogP) is 2.24. The van der Waals surface area contributed by atoms with Gasteiger partial charge in [-0.2, -0.15) is 0 Å². The molecule has 1 aromatic heterocycles. The third kappa shape index (κ3) is 3.24. The number of amides is 1. The van der Waals surface area contributed by atoms with Gasteiger partial charge >= 0.3 is 5.97 Å². The van der Waals surface area contributed by atoms with Crippen LogP contribution in [0.1, 0.15) is 9.67 Å². The number of carboxylic acids is 1. The lowest BCUT2D eigenvalue weighted by Crippen LogP contribution is -2.41. The molecule has 0 bridgehead atoms. The average molecular weight is 329 g/mol. The number of carbonyl (C=O) groups excluding carboxylic acids is 1. The maximum Gasteiger partial charge on any atom is 0.322 e. The van der Waals surface area contributed by atoms with E-state index in [1.54, 1.807) is 0 Å². The summed E-state index contributed by atoms with van der Waals surface area (Å²) in [4.78, 5) is 22.7. The van der Waals surface area contributed by atoms with Gasteiger partial charge in [-0.3, -0.25) is 14.9 Å². The van der Waals surface area contributed by atoms with Gasteiger partial charge in [0.25, 0.3) is 5.91 Å². The highest BCUT2D eigenvalue weighted by molar-refractivity contribution is 7.80. The van der Waals surface area contributed by atoms with Gasteiger partial charge in [0.05, 0.1) is 5.02 Å². The number of fused-ring (bicyclic) bond motifs is 1. The third-order valence-corrected chi connectivity index (χ3v) is 4.29. The van der Waals surface area contributed by atoms with Gasteiger partial charge in [0.2, 0.25) is 0 Å². The standard InChI is InChI=1S/C12H9ClN2O3S2/c13-9-6-3-1-2-4-7(6)20-10(9)11(18)15-12(19)14-5-8(16)17/h1-4H,5H2,(H,16,17)(H2,14,15,18,19). The molecule has 1 heterocycles. The molecule has 2 aromatic rings. The van der Waals surface area contributed by atoms with Crippen molar-refractivity contribution in [1.82, 2.24) is 10.6 Å². The molecule has 0 saturated heterocycles. The highest BCUT2D eigenvalue weighted by Crippen LogP contribution is 2.34. The van der Waals surface area contributed by atoms with Crippen molar-refractivity contribution in [1.29, 1.82) is 0 Å². The summed E-state index contributed by atoms with van der Waals surface area (Å²) in [5.41, 5.74) is 0. The molecule has 20 heavy (non-hydrogen) atoms. The van der Waals surface area contributed by atoms with Crippen molar-refractivity contribution in [3.8, 4) is 0 Å². The number of halogens is 1. The topological polar surface area (TPSA) is 78.4 Å². The van der Waals surface area contributed by atoms with Gasteiger partial charge in [-0.15, -0.1) is 11.3 Å². The van der Waals surface area contributed by atoms with Crippen LogP contribution in [0, 0.1) is 0 Å². The van der Waals surface area contributed by atoms with Gasteiger partial charge in [0.15, 0.2) is 5.11 Å². The Kier molecular flexibility index (Phi) is 4.53. The highest BCUT2D eigenvalue weighted by Gasteiger charge is 2.17. The van der Waals surface area contributed by atoms with Crippen LogP contribution < -0.4 is 10.6 Å². The second-order valence-electron chi connectivity index (χ2n) is 3.77. The molecular weight excluding hydrogens is 320 g/mol. The molecule has 1 amide bonds. The molecule has 5 nitrogen and oxygen atoms in total. The van der Waals surface area contributed by atoms with Crippen LogP contribution in [0.3, 0.4) is 0 Å². The lowest BCUT2D eigenvalue weighted by atomic mass is 10.2. The molecule has 0 aliphatic rings. The zero-order valence-corrected chi connectivity index (χ0v) is 12.4. The quantitative estimate of drug-likeness (QED) is 0.753. The lowest BCUT2D eigenvalue weighted by Gasteiger charge is -2.06. The zero-order valence-electron chi connectivity index (χ0n) is 9.97. The predicted molar refractivity (Wildman–Crippen MR) is 82.5 cm³/mol. The van der Waals surface area contributed by atoms with Gasteiger partial charge in [-0.25, -0.2) is 0 Å². The van der Waals surface area contributed by atoms with Crippen molar-refractivity contribution in [2.45, 2.75) is 0 Å². The maximum atomic E-state index is 12.0. The fourth-order valence-electron chi connectivity index (χ4n) is 1.52. The van der Waals surface area contributed by atoms with E-state index in [-0.39, 0.29) is 11.7 Å². The number of rotatable bonds is 3. The number of carboxylic acid groups (broad SMARTS) is 1. The normalized spacial score (nSPS) is 10.2. The number of carbonyl (C=O) groups is 2. The summed E-state index contributed by atoms with van der Waals surface area (Å²) >= 11 is 12.2. The molecule has 104 valence electrons. The molecular formula is C12H9ClN2O3S2. The van der Waals surface area contributed by atoms with Crippen LogP contribution in [0.15, 0.2) is 24.3 Å². The Bertz CT molecular complexity index is 699. The van der Waals surface area contributed by atoms with Crippen LogP contribution >= 0.6 is 35.2 Å².